The molecule has 0 N–H and O–H groups in total. The smallest absolute Gasteiger partial charge is 0.302 e. The molecule has 0 unspecified atom stereocenters. The van der Waals surface area contributed by atoms with Crippen LogP contribution in [0, 0.1) is 0 Å². The Kier molecular flexibility index (Phi) is 10.4. The Hall–Kier alpha value is -1.07. The predicted octanol–water partition coefficient (Wildman–Crippen LogP) is 2.26. The molecule has 0 aromatic carbocycles. The molecule has 0 spiro atoms. The van der Waals surface area contributed by atoms with Gasteiger partial charge in [0, 0.05) is 26.6 Å². The van der Waals surface area contributed by atoms with E-state index in [9.17, 15) is 4.79 Å². The van der Waals surface area contributed by atoms with Crippen LogP contribution in [0.4, 0.5) is 0 Å². The lowest BCUT2D eigenvalue weighted by molar-refractivity contribution is -0.141. The molecule has 0 aromatic heterocycles. The molecule has 0 aliphatic rings. The standard InChI is InChI=1S/C13H24O5/c1-5-15-12(9-8-10-18-11(4)14)13(16-6-2)17-7-3/h9,13H,5-8,10H2,1-4H3/b12-9+. The van der Waals surface area contributed by atoms with Crippen LogP contribution < -0.4 is 0 Å². The maximum absolute atomic E-state index is 10.6. The Morgan fingerprint density at radius 3 is 2.11 bits per heavy atom. The minimum absolute atomic E-state index is 0.285. The van der Waals surface area contributed by atoms with Crippen molar-refractivity contribution in [2.24, 2.45) is 0 Å². The van der Waals surface area contributed by atoms with Crippen molar-refractivity contribution < 1.29 is 23.7 Å². The lowest BCUT2D eigenvalue weighted by Crippen LogP contribution is -2.22. The Balaban J connectivity index is 4.37. The summed E-state index contributed by atoms with van der Waals surface area (Å²) in [7, 11) is 0. The molecule has 106 valence electrons. The molecule has 0 saturated carbocycles. The van der Waals surface area contributed by atoms with Gasteiger partial charge in [-0.15, -0.1) is 0 Å². The zero-order valence-electron chi connectivity index (χ0n) is 11.7. The summed E-state index contributed by atoms with van der Waals surface area (Å²) < 4.78 is 21.2. The first-order chi connectivity index (χ1) is 8.65. The number of hydrogen-bond acceptors (Lipinski definition) is 5. The van der Waals surface area contributed by atoms with Crippen LogP contribution in [0.5, 0.6) is 0 Å². The van der Waals surface area contributed by atoms with E-state index in [-0.39, 0.29) is 5.97 Å². The molecular formula is C13H24O5. The Labute approximate surface area is 109 Å². The molecule has 0 saturated heterocycles. The third-order valence-electron chi connectivity index (χ3n) is 1.95. The summed E-state index contributed by atoms with van der Waals surface area (Å²) in [4.78, 5) is 10.6. The minimum atomic E-state index is -0.489. The highest BCUT2D eigenvalue weighted by Crippen LogP contribution is 2.12. The van der Waals surface area contributed by atoms with Crippen LogP contribution in [-0.4, -0.2) is 38.7 Å². The van der Waals surface area contributed by atoms with Gasteiger partial charge in [-0.05, 0) is 26.8 Å². The van der Waals surface area contributed by atoms with Crippen LogP contribution >= 0.6 is 0 Å². The number of carbonyl (C=O) groups excluding carboxylic acids is 1. The molecule has 0 radical (unpaired) electrons. The van der Waals surface area contributed by atoms with Crippen molar-refractivity contribution in [1.29, 1.82) is 0 Å². The van der Waals surface area contributed by atoms with E-state index in [4.69, 9.17) is 18.9 Å². The van der Waals surface area contributed by atoms with Gasteiger partial charge in [0.05, 0.1) is 13.2 Å². The van der Waals surface area contributed by atoms with Crippen LogP contribution in [0.3, 0.4) is 0 Å². The lowest BCUT2D eigenvalue weighted by Gasteiger charge is -2.20. The van der Waals surface area contributed by atoms with Gasteiger partial charge in [0.15, 0.2) is 0 Å². The molecule has 5 nitrogen and oxygen atoms in total. The summed E-state index contributed by atoms with van der Waals surface area (Å²) in [6.45, 7) is 9.03. The number of esters is 1. The van der Waals surface area contributed by atoms with Gasteiger partial charge in [-0.2, -0.15) is 0 Å². The van der Waals surface area contributed by atoms with Crippen molar-refractivity contribution in [2.45, 2.75) is 40.4 Å². The van der Waals surface area contributed by atoms with Crippen molar-refractivity contribution in [2.75, 3.05) is 26.4 Å². The summed E-state index contributed by atoms with van der Waals surface area (Å²) in [6.07, 6.45) is 1.92. The van der Waals surface area contributed by atoms with Crippen LogP contribution in [-0.2, 0) is 23.7 Å². The first-order valence-electron chi connectivity index (χ1n) is 6.35. The maximum Gasteiger partial charge on any atom is 0.302 e. The molecule has 0 rings (SSSR count). The van der Waals surface area contributed by atoms with Gasteiger partial charge in [-0.3, -0.25) is 4.79 Å². The molecule has 5 heteroatoms. The monoisotopic (exact) mass is 260 g/mol. The van der Waals surface area contributed by atoms with E-state index in [1.165, 1.54) is 6.92 Å². The van der Waals surface area contributed by atoms with Crippen molar-refractivity contribution in [3.05, 3.63) is 11.8 Å². The molecule has 0 heterocycles. The lowest BCUT2D eigenvalue weighted by atomic mass is 10.3. The highest BCUT2D eigenvalue weighted by Gasteiger charge is 2.15. The first-order valence-corrected chi connectivity index (χ1v) is 6.35. The van der Waals surface area contributed by atoms with Gasteiger partial charge in [0.25, 0.3) is 0 Å². The summed E-state index contributed by atoms with van der Waals surface area (Å²) in [6, 6.07) is 0. The predicted molar refractivity (Wildman–Crippen MR) is 68.0 cm³/mol. The van der Waals surface area contributed by atoms with Gasteiger partial charge in [-0.25, -0.2) is 0 Å². The summed E-state index contributed by atoms with van der Waals surface area (Å²) in [5.41, 5.74) is 0. The molecule has 0 bridgehead atoms. The fraction of sp³-hybridized carbons (Fsp3) is 0.769. The van der Waals surface area contributed by atoms with Crippen LogP contribution in [0.2, 0.25) is 0 Å². The van der Waals surface area contributed by atoms with E-state index in [1.807, 2.05) is 26.8 Å². The third-order valence-corrected chi connectivity index (χ3v) is 1.95. The average Bonchev–Trinajstić information content (AvgIpc) is 2.32. The number of carbonyl (C=O) groups is 1. The van der Waals surface area contributed by atoms with Crippen molar-refractivity contribution >= 4 is 5.97 Å². The minimum Gasteiger partial charge on any atom is -0.493 e. The van der Waals surface area contributed by atoms with Crippen molar-refractivity contribution in [3.63, 3.8) is 0 Å². The molecule has 0 aliphatic carbocycles. The fourth-order valence-electron chi connectivity index (χ4n) is 1.31. The van der Waals surface area contributed by atoms with Gasteiger partial charge < -0.3 is 18.9 Å². The van der Waals surface area contributed by atoms with Crippen LogP contribution in [0.15, 0.2) is 11.8 Å². The second kappa shape index (κ2) is 11.0. The third kappa shape index (κ3) is 8.08. The largest absolute Gasteiger partial charge is 0.493 e. The Morgan fingerprint density at radius 1 is 1.06 bits per heavy atom. The van der Waals surface area contributed by atoms with E-state index < -0.39 is 6.29 Å². The number of rotatable bonds is 10. The van der Waals surface area contributed by atoms with Crippen LogP contribution in [0.1, 0.15) is 34.1 Å². The second-order valence-electron chi connectivity index (χ2n) is 3.41. The Bertz CT molecular complexity index is 244. The highest BCUT2D eigenvalue weighted by atomic mass is 16.7. The van der Waals surface area contributed by atoms with E-state index in [0.29, 0.717) is 38.6 Å². The quantitative estimate of drug-likeness (QED) is 0.261. The van der Waals surface area contributed by atoms with E-state index >= 15 is 0 Å². The highest BCUT2D eigenvalue weighted by molar-refractivity contribution is 5.65. The van der Waals surface area contributed by atoms with Gasteiger partial charge in [-0.1, -0.05) is 0 Å². The van der Waals surface area contributed by atoms with Gasteiger partial charge in [0.1, 0.15) is 5.76 Å². The zero-order valence-corrected chi connectivity index (χ0v) is 11.7. The molecular weight excluding hydrogens is 236 g/mol. The van der Waals surface area contributed by atoms with Gasteiger partial charge in [0.2, 0.25) is 6.29 Å². The number of ether oxygens (including phenoxy) is 4. The number of hydrogen-bond donors (Lipinski definition) is 0. The van der Waals surface area contributed by atoms with E-state index in [0.717, 1.165) is 0 Å². The molecule has 0 atom stereocenters. The Morgan fingerprint density at radius 2 is 1.67 bits per heavy atom. The second-order valence-corrected chi connectivity index (χ2v) is 3.41. The van der Waals surface area contributed by atoms with E-state index in [2.05, 4.69) is 0 Å². The summed E-state index contributed by atoms with van der Waals surface area (Å²) >= 11 is 0. The van der Waals surface area contributed by atoms with Crippen LogP contribution in [0.25, 0.3) is 0 Å². The fourth-order valence-corrected chi connectivity index (χ4v) is 1.31. The average molecular weight is 260 g/mol. The molecule has 0 aliphatic heterocycles. The summed E-state index contributed by atoms with van der Waals surface area (Å²) in [5.74, 6) is 0.348. The first kappa shape index (κ1) is 16.9. The molecule has 18 heavy (non-hydrogen) atoms. The summed E-state index contributed by atoms with van der Waals surface area (Å²) in [5, 5.41) is 0. The molecule has 0 fully saturated rings. The van der Waals surface area contributed by atoms with Crippen molar-refractivity contribution in [1.82, 2.24) is 0 Å². The van der Waals surface area contributed by atoms with Crippen molar-refractivity contribution in [3.8, 4) is 0 Å². The topological polar surface area (TPSA) is 54.0 Å². The molecule has 0 aromatic rings. The zero-order chi connectivity index (χ0) is 13.8. The molecule has 0 amide bonds. The van der Waals surface area contributed by atoms with Gasteiger partial charge >= 0.3 is 5.97 Å². The normalized spacial score (nSPS) is 11.7. The van der Waals surface area contributed by atoms with E-state index in [1.54, 1.807) is 0 Å². The maximum atomic E-state index is 10.6. The SMILES string of the molecule is CCO/C(=C/CCOC(C)=O)C(OCC)OCC.